The van der Waals surface area contributed by atoms with Crippen LogP contribution >= 0.6 is 0 Å². The topological polar surface area (TPSA) is 38.5 Å². The monoisotopic (exact) mass is 290 g/mol. The first-order valence-corrected chi connectivity index (χ1v) is 8.43. The highest BCUT2D eigenvalue weighted by Crippen LogP contribution is 2.33. The number of nitrogens with zero attached hydrogens (tertiary/aromatic N) is 1. The maximum atomic E-state index is 6.10. The Balaban J connectivity index is 2.03. The molecule has 21 heavy (non-hydrogen) atoms. The van der Waals surface area contributed by atoms with Gasteiger partial charge in [0.1, 0.15) is 5.75 Å². The molecule has 0 aromatic heterocycles. The molecule has 0 saturated carbocycles. The van der Waals surface area contributed by atoms with Crippen molar-refractivity contribution in [3.63, 3.8) is 0 Å². The molecule has 0 amide bonds. The Hall–Kier alpha value is -1.06. The lowest BCUT2D eigenvalue weighted by Gasteiger charge is -2.35. The summed E-state index contributed by atoms with van der Waals surface area (Å²) in [6.45, 7) is 9.48. The summed E-state index contributed by atoms with van der Waals surface area (Å²) in [6.07, 6.45) is 3.56. The van der Waals surface area contributed by atoms with Crippen LogP contribution in [0.15, 0.2) is 24.3 Å². The fourth-order valence-electron chi connectivity index (χ4n) is 3.33. The van der Waals surface area contributed by atoms with E-state index in [9.17, 15) is 0 Å². The number of piperidine rings is 1. The summed E-state index contributed by atoms with van der Waals surface area (Å²) in [5.74, 6) is 2.16. The second kappa shape index (κ2) is 8.40. The normalized spacial score (nSPS) is 18.6. The molecule has 118 valence electrons. The van der Waals surface area contributed by atoms with E-state index in [0.29, 0.717) is 11.8 Å². The molecule has 1 fully saturated rings. The van der Waals surface area contributed by atoms with Gasteiger partial charge in [-0.2, -0.15) is 0 Å². The van der Waals surface area contributed by atoms with E-state index in [1.54, 1.807) is 0 Å². The van der Waals surface area contributed by atoms with Crippen LogP contribution in [0, 0.1) is 5.92 Å². The minimum absolute atomic E-state index is 0.467. The number of rotatable bonds is 7. The smallest absolute Gasteiger partial charge is 0.119 e. The first kappa shape index (κ1) is 16.3. The third-order valence-corrected chi connectivity index (χ3v) is 4.66. The van der Waals surface area contributed by atoms with E-state index in [1.807, 2.05) is 6.07 Å². The van der Waals surface area contributed by atoms with Crippen LogP contribution in [0.1, 0.15) is 44.6 Å². The van der Waals surface area contributed by atoms with Crippen LogP contribution < -0.4 is 10.5 Å². The summed E-state index contributed by atoms with van der Waals surface area (Å²) in [7, 11) is 0. The minimum Gasteiger partial charge on any atom is -0.494 e. The third kappa shape index (κ3) is 4.45. The highest BCUT2D eigenvalue weighted by Gasteiger charge is 2.26. The Morgan fingerprint density at radius 3 is 2.67 bits per heavy atom. The van der Waals surface area contributed by atoms with Crippen molar-refractivity contribution in [2.75, 3.05) is 32.8 Å². The zero-order valence-corrected chi connectivity index (χ0v) is 13.6. The van der Waals surface area contributed by atoms with Gasteiger partial charge in [-0.05, 0) is 75.0 Å². The van der Waals surface area contributed by atoms with Crippen molar-refractivity contribution in [1.82, 2.24) is 4.90 Å². The van der Waals surface area contributed by atoms with Gasteiger partial charge in [0.15, 0.2) is 0 Å². The molecule has 1 aliphatic heterocycles. The van der Waals surface area contributed by atoms with Crippen molar-refractivity contribution in [1.29, 1.82) is 0 Å². The van der Waals surface area contributed by atoms with Gasteiger partial charge in [0.2, 0.25) is 0 Å². The van der Waals surface area contributed by atoms with Gasteiger partial charge in [-0.3, -0.25) is 0 Å². The minimum atomic E-state index is 0.467. The van der Waals surface area contributed by atoms with Crippen molar-refractivity contribution in [3.05, 3.63) is 29.8 Å². The Labute approximate surface area is 129 Å². The largest absolute Gasteiger partial charge is 0.494 e. The molecule has 2 rings (SSSR count). The van der Waals surface area contributed by atoms with Crippen LogP contribution in [0.2, 0.25) is 0 Å². The Bertz CT molecular complexity index is 413. The van der Waals surface area contributed by atoms with E-state index in [2.05, 4.69) is 36.9 Å². The molecule has 0 aliphatic carbocycles. The molecule has 1 saturated heterocycles. The van der Waals surface area contributed by atoms with Crippen LogP contribution in [0.5, 0.6) is 5.75 Å². The molecule has 3 nitrogen and oxygen atoms in total. The molecule has 2 N–H and O–H groups in total. The first-order valence-electron chi connectivity index (χ1n) is 8.43. The maximum Gasteiger partial charge on any atom is 0.119 e. The predicted octanol–water partition coefficient (Wildman–Crippen LogP) is 3.25. The molecule has 1 aliphatic rings. The summed E-state index contributed by atoms with van der Waals surface area (Å²) < 4.78 is 5.76. The maximum absolute atomic E-state index is 6.10. The van der Waals surface area contributed by atoms with Crippen LogP contribution in [0.3, 0.4) is 0 Å². The van der Waals surface area contributed by atoms with Gasteiger partial charge in [-0.15, -0.1) is 0 Å². The van der Waals surface area contributed by atoms with Crippen molar-refractivity contribution < 1.29 is 4.74 Å². The Morgan fingerprint density at radius 2 is 2.05 bits per heavy atom. The molecule has 1 aromatic rings. The quantitative estimate of drug-likeness (QED) is 0.838. The van der Waals surface area contributed by atoms with Gasteiger partial charge < -0.3 is 15.4 Å². The van der Waals surface area contributed by atoms with E-state index in [-0.39, 0.29) is 0 Å². The molecule has 1 aromatic carbocycles. The highest BCUT2D eigenvalue weighted by molar-refractivity contribution is 5.31. The molecule has 0 bridgehead atoms. The lowest BCUT2D eigenvalue weighted by atomic mass is 9.80. The lowest BCUT2D eigenvalue weighted by molar-refractivity contribution is 0.176. The van der Waals surface area contributed by atoms with Crippen LogP contribution in [0.25, 0.3) is 0 Å². The van der Waals surface area contributed by atoms with Crippen molar-refractivity contribution in [2.45, 2.75) is 39.0 Å². The van der Waals surface area contributed by atoms with Gasteiger partial charge in [0.05, 0.1) is 6.61 Å². The molecule has 1 heterocycles. The van der Waals surface area contributed by atoms with Crippen LogP contribution in [-0.2, 0) is 0 Å². The highest BCUT2D eigenvalue weighted by atomic mass is 16.5. The molecule has 0 radical (unpaired) electrons. The SMILES string of the molecule is CCCOc1cccc(C(CN)C2CCN(CC)CC2)c1. The van der Waals surface area contributed by atoms with Gasteiger partial charge >= 0.3 is 0 Å². The number of ether oxygens (including phenoxy) is 1. The third-order valence-electron chi connectivity index (χ3n) is 4.66. The summed E-state index contributed by atoms with van der Waals surface area (Å²) in [5.41, 5.74) is 7.45. The van der Waals surface area contributed by atoms with Crippen molar-refractivity contribution in [3.8, 4) is 5.75 Å². The zero-order valence-electron chi connectivity index (χ0n) is 13.6. The number of nitrogens with two attached hydrogens (primary N) is 1. The Kier molecular flexibility index (Phi) is 6.52. The Morgan fingerprint density at radius 1 is 1.29 bits per heavy atom. The molecule has 1 unspecified atom stereocenters. The molecular formula is C18H30N2O. The molecule has 3 heteroatoms. The zero-order chi connectivity index (χ0) is 15.1. The molecular weight excluding hydrogens is 260 g/mol. The van der Waals surface area contributed by atoms with E-state index >= 15 is 0 Å². The molecule has 1 atom stereocenters. The summed E-state index contributed by atoms with van der Waals surface area (Å²) in [5, 5.41) is 0. The summed E-state index contributed by atoms with van der Waals surface area (Å²) >= 11 is 0. The van der Waals surface area contributed by atoms with Gasteiger partial charge in [-0.25, -0.2) is 0 Å². The second-order valence-electron chi connectivity index (χ2n) is 6.03. The van der Waals surface area contributed by atoms with E-state index in [1.165, 1.54) is 38.0 Å². The standard InChI is InChI=1S/C18H30N2O/c1-3-12-21-17-7-5-6-16(13-17)18(14-19)15-8-10-20(4-2)11-9-15/h5-7,13,15,18H,3-4,8-12,14,19H2,1-2H3. The van der Waals surface area contributed by atoms with Gasteiger partial charge in [0, 0.05) is 0 Å². The molecule has 0 spiro atoms. The fraction of sp³-hybridized carbons (Fsp3) is 0.667. The summed E-state index contributed by atoms with van der Waals surface area (Å²) in [6, 6.07) is 8.55. The van der Waals surface area contributed by atoms with E-state index in [0.717, 1.165) is 25.3 Å². The second-order valence-corrected chi connectivity index (χ2v) is 6.03. The van der Waals surface area contributed by atoms with Crippen molar-refractivity contribution >= 4 is 0 Å². The summed E-state index contributed by atoms with van der Waals surface area (Å²) in [4.78, 5) is 2.53. The number of hydrogen-bond acceptors (Lipinski definition) is 3. The van der Waals surface area contributed by atoms with E-state index in [4.69, 9.17) is 10.5 Å². The fourth-order valence-corrected chi connectivity index (χ4v) is 3.33. The van der Waals surface area contributed by atoms with Gasteiger partial charge in [-0.1, -0.05) is 26.0 Å². The van der Waals surface area contributed by atoms with Crippen molar-refractivity contribution in [2.24, 2.45) is 11.7 Å². The number of benzene rings is 1. The average Bonchev–Trinajstić information content (AvgIpc) is 2.55. The first-order chi connectivity index (χ1) is 10.3. The van der Waals surface area contributed by atoms with Crippen LogP contribution in [-0.4, -0.2) is 37.7 Å². The number of likely N-dealkylation sites (tertiary alicyclic amines) is 1. The average molecular weight is 290 g/mol. The number of hydrogen-bond donors (Lipinski definition) is 1. The predicted molar refractivity (Wildman–Crippen MR) is 88.9 cm³/mol. The van der Waals surface area contributed by atoms with Crippen LogP contribution in [0.4, 0.5) is 0 Å². The van der Waals surface area contributed by atoms with E-state index < -0.39 is 0 Å². The van der Waals surface area contributed by atoms with Gasteiger partial charge in [0.25, 0.3) is 0 Å². The lowest BCUT2D eigenvalue weighted by Crippen LogP contribution is -2.36.